The van der Waals surface area contributed by atoms with Gasteiger partial charge in [-0.05, 0) is 18.9 Å². The van der Waals surface area contributed by atoms with Crippen LogP contribution in [0.1, 0.15) is 52.6 Å². The number of nitrogens with zero attached hydrogens (tertiary/aromatic N) is 2. The van der Waals surface area contributed by atoms with Crippen molar-refractivity contribution in [1.82, 2.24) is 14.9 Å². The molecule has 0 bridgehead atoms. The van der Waals surface area contributed by atoms with Gasteiger partial charge < -0.3 is 14.6 Å². The zero-order valence-corrected chi connectivity index (χ0v) is 13.9. The molecule has 1 amide bonds. The molecule has 5 nitrogen and oxygen atoms in total. The first-order chi connectivity index (χ1) is 10.6. The Labute approximate surface area is 134 Å². The van der Waals surface area contributed by atoms with Gasteiger partial charge >= 0.3 is 0 Å². The molecule has 1 N–H and O–H groups in total. The molecule has 6 heteroatoms. The van der Waals surface area contributed by atoms with Crippen LogP contribution < -0.4 is 0 Å². The van der Waals surface area contributed by atoms with Gasteiger partial charge in [-0.1, -0.05) is 13.8 Å². The van der Waals surface area contributed by atoms with Gasteiger partial charge in [0.1, 0.15) is 11.9 Å². The van der Waals surface area contributed by atoms with E-state index in [-0.39, 0.29) is 11.9 Å². The van der Waals surface area contributed by atoms with Gasteiger partial charge in [-0.15, -0.1) is 11.3 Å². The number of carbonyl (C=O) groups excluding carboxylic acids is 1. The Morgan fingerprint density at radius 3 is 3.00 bits per heavy atom. The third kappa shape index (κ3) is 2.94. The average molecular weight is 319 g/mol. The lowest BCUT2D eigenvalue weighted by Gasteiger charge is -2.34. The van der Waals surface area contributed by atoms with Gasteiger partial charge in [-0.3, -0.25) is 4.79 Å². The number of carbonyl (C=O) groups is 1. The van der Waals surface area contributed by atoms with Crippen molar-refractivity contribution in [3.8, 4) is 0 Å². The smallest absolute Gasteiger partial charge is 0.255 e. The van der Waals surface area contributed by atoms with E-state index in [1.54, 1.807) is 17.5 Å². The van der Waals surface area contributed by atoms with Gasteiger partial charge in [0.05, 0.1) is 18.8 Å². The number of thiophene rings is 1. The van der Waals surface area contributed by atoms with Crippen molar-refractivity contribution in [1.29, 1.82) is 0 Å². The second-order valence-corrected chi connectivity index (χ2v) is 6.88. The molecule has 1 aliphatic rings. The molecule has 1 saturated heterocycles. The molecular weight excluding hydrogens is 298 g/mol. The lowest BCUT2D eigenvalue weighted by atomic mass is 10.1. The van der Waals surface area contributed by atoms with Crippen LogP contribution in [0, 0.1) is 6.92 Å². The minimum Gasteiger partial charge on any atom is -0.377 e. The second kappa shape index (κ2) is 6.22. The molecule has 2 aromatic heterocycles. The number of rotatable bonds is 3. The highest BCUT2D eigenvalue weighted by molar-refractivity contribution is 7.10. The van der Waals surface area contributed by atoms with Crippen LogP contribution in [-0.2, 0) is 4.74 Å². The molecule has 0 radical (unpaired) electrons. The second-order valence-electron chi connectivity index (χ2n) is 5.93. The predicted molar refractivity (Wildman–Crippen MR) is 86.3 cm³/mol. The summed E-state index contributed by atoms with van der Waals surface area (Å²) < 4.78 is 5.55. The number of hydrogen-bond acceptors (Lipinski definition) is 4. The number of ether oxygens (including phenoxy) is 1. The van der Waals surface area contributed by atoms with Gasteiger partial charge in [0.15, 0.2) is 0 Å². The molecule has 0 aromatic carbocycles. The monoisotopic (exact) mass is 319 g/mol. The Morgan fingerprint density at radius 2 is 2.36 bits per heavy atom. The zero-order valence-electron chi connectivity index (χ0n) is 13.1. The number of aryl methyl sites for hydroxylation is 1. The number of imidazole rings is 1. The molecule has 0 saturated carbocycles. The number of aromatic amines is 1. The van der Waals surface area contributed by atoms with Gasteiger partial charge in [0, 0.05) is 28.7 Å². The van der Waals surface area contributed by atoms with Gasteiger partial charge in [0.25, 0.3) is 5.91 Å². The lowest BCUT2D eigenvalue weighted by Crippen LogP contribution is -2.43. The molecule has 1 unspecified atom stereocenters. The van der Waals surface area contributed by atoms with Crippen molar-refractivity contribution >= 4 is 17.2 Å². The molecule has 22 heavy (non-hydrogen) atoms. The summed E-state index contributed by atoms with van der Waals surface area (Å²) in [4.78, 5) is 23.6. The van der Waals surface area contributed by atoms with E-state index < -0.39 is 0 Å². The van der Waals surface area contributed by atoms with Crippen molar-refractivity contribution in [2.24, 2.45) is 0 Å². The number of amides is 1. The molecule has 3 rings (SSSR count). The zero-order chi connectivity index (χ0) is 15.7. The predicted octanol–water partition coefficient (Wildman–Crippen LogP) is 3.12. The summed E-state index contributed by atoms with van der Waals surface area (Å²) in [6, 6.07) is 1.87. The van der Waals surface area contributed by atoms with E-state index >= 15 is 0 Å². The molecule has 1 fully saturated rings. The summed E-state index contributed by atoms with van der Waals surface area (Å²) in [5, 5.41) is 1.96. The number of hydrogen-bond donors (Lipinski definition) is 1. The van der Waals surface area contributed by atoms with Crippen LogP contribution in [0.4, 0.5) is 0 Å². The van der Waals surface area contributed by atoms with Crippen molar-refractivity contribution in [2.45, 2.75) is 32.7 Å². The normalized spacial score (nSPS) is 18.9. The highest BCUT2D eigenvalue weighted by atomic mass is 32.1. The molecule has 1 atom stereocenters. The van der Waals surface area contributed by atoms with E-state index in [9.17, 15) is 4.79 Å². The van der Waals surface area contributed by atoms with Crippen molar-refractivity contribution < 1.29 is 9.53 Å². The largest absolute Gasteiger partial charge is 0.377 e. The molecule has 0 aliphatic carbocycles. The third-order valence-corrected chi connectivity index (χ3v) is 5.10. The molecule has 0 spiro atoms. The van der Waals surface area contributed by atoms with E-state index in [2.05, 4.69) is 23.8 Å². The standard InChI is InChI=1S/C16H21N3O2S/c1-10(2)14-6-12(9-22-14)16(20)19-4-5-21-8-13(19)15-17-7-11(3)18-15/h6-7,9-10,13H,4-5,8H2,1-3H3,(H,17,18). The van der Waals surface area contributed by atoms with E-state index in [4.69, 9.17) is 4.74 Å². The molecule has 1 aliphatic heterocycles. The maximum absolute atomic E-state index is 12.9. The van der Waals surface area contributed by atoms with E-state index in [1.165, 1.54) is 4.88 Å². The summed E-state index contributed by atoms with van der Waals surface area (Å²) in [7, 11) is 0. The number of aromatic nitrogens is 2. The maximum atomic E-state index is 12.9. The first kappa shape index (κ1) is 15.2. The Hall–Kier alpha value is -1.66. The summed E-state index contributed by atoms with van der Waals surface area (Å²) in [5.74, 6) is 1.30. The molecule has 118 valence electrons. The summed E-state index contributed by atoms with van der Waals surface area (Å²) >= 11 is 1.65. The Balaban J connectivity index is 1.84. The van der Waals surface area contributed by atoms with Crippen molar-refractivity contribution in [3.05, 3.63) is 39.6 Å². The average Bonchev–Trinajstić information content (AvgIpc) is 3.15. The molecule has 3 heterocycles. The number of nitrogens with one attached hydrogen (secondary N) is 1. The SMILES string of the molecule is Cc1cnc(C2COCCN2C(=O)c2csc(C(C)C)c2)[nH]1. The topological polar surface area (TPSA) is 58.2 Å². The van der Waals surface area contributed by atoms with Crippen molar-refractivity contribution in [3.63, 3.8) is 0 Å². The van der Waals surface area contributed by atoms with Crippen LogP contribution in [0.25, 0.3) is 0 Å². The van der Waals surface area contributed by atoms with E-state index in [0.29, 0.717) is 25.7 Å². The third-order valence-electron chi connectivity index (χ3n) is 3.86. The number of H-pyrrole nitrogens is 1. The highest BCUT2D eigenvalue weighted by Crippen LogP contribution is 2.28. The van der Waals surface area contributed by atoms with Crippen LogP contribution in [0.15, 0.2) is 17.6 Å². The Morgan fingerprint density at radius 1 is 1.55 bits per heavy atom. The summed E-state index contributed by atoms with van der Waals surface area (Å²) in [6.45, 7) is 7.89. The quantitative estimate of drug-likeness (QED) is 0.945. The van der Waals surface area contributed by atoms with Crippen LogP contribution in [0.3, 0.4) is 0 Å². The maximum Gasteiger partial charge on any atom is 0.255 e. The minimum atomic E-state index is -0.141. The summed E-state index contributed by atoms with van der Waals surface area (Å²) in [6.07, 6.45) is 1.79. The van der Waals surface area contributed by atoms with Crippen LogP contribution in [0.2, 0.25) is 0 Å². The lowest BCUT2D eigenvalue weighted by molar-refractivity contribution is -0.00498. The van der Waals surface area contributed by atoms with Gasteiger partial charge in [-0.2, -0.15) is 0 Å². The van der Waals surface area contributed by atoms with Crippen LogP contribution in [-0.4, -0.2) is 40.5 Å². The van der Waals surface area contributed by atoms with E-state index in [1.807, 2.05) is 23.3 Å². The Kier molecular flexibility index (Phi) is 4.31. The van der Waals surface area contributed by atoms with E-state index in [0.717, 1.165) is 17.1 Å². The van der Waals surface area contributed by atoms with Crippen molar-refractivity contribution in [2.75, 3.05) is 19.8 Å². The van der Waals surface area contributed by atoms with Crippen LogP contribution >= 0.6 is 11.3 Å². The fraction of sp³-hybridized carbons (Fsp3) is 0.500. The minimum absolute atomic E-state index is 0.0607. The molecule has 2 aromatic rings. The number of morpholine rings is 1. The van der Waals surface area contributed by atoms with Gasteiger partial charge in [0.2, 0.25) is 0 Å². The first-order valence-corrected chi connectivity index (χ1v) is 8.43. The summed E-state index contributed by atoms with van der Waals surface area (Å²) in [5.41, 5.74) is 1.76. The first-order valence-electron chi connectivity index (χ1n) is 7.55. The Bertz CT molecular complexity index is 662. The van der Waals surface area contributed by atoms with Gasteiger partial charge in [-0.25, -0.2) is 4.98 Å². The fourth-order valence-electron chi connectivity index (χ4n) is 2.61. The molecular formula is C16H21N3O2S. The highest BCUT2D eigenvalue weighted by Gasteiger charge is 2.31. The van der Waals surface area contributed by atoms with Crippen LogP contribution in [0.5, 0.6) is 0 Å². The fourth-order valence-corrected chi connectivity index (χ4v) is 3.51.